The Hall–Kier alpha value is -1.19. The van der Waals surface area contributed by atoms with Gasteiger partial charge < -0.3 is 10.2 Å². The first-order valence-corrected chi connectivity index (χ1v) is 3.94. The Morgan fingerprint density at radius 1 is 1.31 bits per heavy atom. The molecule has 0 atom stereocenters. The van der Waals surface area contributed by atoms with Crippen molar-refractivity contribution >= 4 is 6.08 Å². The van der Waals surface area contributed by atoms with Gasteiger partial charge in [0.25, 0.3) is 0 Å². The van der Waals surface area contributed by atoms with Crippen molar-refractivity contribution in [3.05, 3.63) is 41.2 Å². The molecule has 1 rings (SSSR count). The van der Waals surface area contributed by atoms with E-state index in [4.69, 9.17) is 10.2 Å². The summed E-state index contributed by atoms with van der Waals surface area (Å²) in [5.41, 5.74) is 1.24. The lowest BCUT2D eigenvalue weighted by Crippen LogP contribution is -1.89. The highest BCUT2D eigenvalue weighted by Gasteiger charge is 1.99. The summed E-state index contributed by atoms with van der Waals surface area (Å²) in [6, 6.07) is 4.13. The minimum atomic E-state index is -0.352. The van der Waals surface area contributed by atoms with Gasteiger partial charge in [0, 0.05) is 0 Å². The molecule has 13 heavy (non-hydrogen) atoms. The Balaban J connectivity index is 3.01. The molecule has 3 heteroatoms. The summed E-state index contributed by atoms with van der Waals surface area (Å²) >= 11 is 0. The Labute approximate surface area is 76.0 Å². The van der Waals surface area contributed by atoms with E-state index >= 15 is 0 Å². The van der Waals surface area contributed by atoms with Gasteiger partial charge in [0.2, 0.25) is 0 Å². The van der Waals surface area contributed by atoms with Crippen molar-refractivity contribution in [2.24, 2.45) is 0 Å². The number of aliphatic hydroxyl groups is 2. The maximum absolute atomic E-state index is 12.7. The maximum atomic E-state index is 12.7. The van der Waals surface area contributed by atoms with Gasteiger partial charge >= 0.3 is 0 Å². The van der Waals surface area contributed by atoms with Crippen LogP contribution in [0.25, 0.3) is 6.08 Å². The highest BCUT2D eigenvalue weighted by atomic mass is 19.1. The van der Waals surface area contributed by atoms with Crippen LogP contribution in [0.2, 0.25) is 0 Å². The third kappa shape index (κ3) is 2.65. The fourth-order valence-electron chi connectivity index (χ4n) is 1.04. The van der Waals surface area contributed by atoms with Crippen LogP contribution in [-0.2, 0) is 6.61 Å². The molecule has 0 aliphatic carbocycles. The number of hydrogen-bond donors (Lipinski definition) is 2. The number of halogens is 1. The quantitative estimate of drug-likeness (QED) is 0.740. The summed E-state index contributed by atoms with van der Waals surface area (Å²) in [5, 5.41) is 17.4. The summed E-state index contributed by atoms with van der Waals surface area (Å²) in [5.74, 6) is -0.352. The molecule has 0 spiro atoms. The van der Waals surface area contributed by atoms with Crippen molar-refractivity contribution in [1.29, 1.82) is 0 Å². The Bertz CT molecular complexity index is 308. The lowest BCUT2D eigenvalue weighted by Gasteiger charge is -2.01. The van der Waals surface area contributed by atoms with Gasteiger partial charge in [-0.2, -0.15) is 0 Å². The van der Waals surface area contributed by atoms with Crippen LogP contribution in [0.4, 0.5) is 4.39 Å². The first kappa shape index (κ1) is 9.89. The Morgan fingerprint density at radius 3 is 2.69 bits per heavy atom. The topological polar surface area (TPSA) is 40.5 Å². The second-order valence-electron chi connectivity index (χ2n) is 2.59. The molecule has 0 fully saturated rings. The van der Waals surface area contributed by atoms with Gasteiger partial charge in [-0.05, 0) is 23.3 Å². The van der Waals surface area contributed by atoms with E-state index in [1.165, 1.54) is 24.3 Å². The zero-order chi connectivity index (χ0) is 9.68. The van der Waals surface area contributed by atoms with E-state index in [0.29, 0.717) is 11.1 Å². The molecule has 0 heterocycles. The fraction of sp³-hybridized carbons (Fsp3) is 0.200. The summed E-state index contributed by atoms with van der Waals surface area (Å²) < 4.78 is 12.7. The van der Waals surface area contributed by atoms with E-state index in [0.717, 1.165) is 0 Å². The predicted molar refractivity (Wildman–Crippen MR) is 48.4 cm³/mol. The summed E-state index contributed by atoms with van der Waals surface area (Å²) in [6.45, 7) is -0.229. The molecule has 0 saturated heterocycles. The molecule has 0 radical (unpaired) electrons. The van der Waals surface area contributed by atoms with Crippen molar-refractivity contribution < 1.29 is 14.6 Å². The van der Waals surface area contributed by atoms with Crippen LogP contribution in [0.5, 0.6) is 0 Å². The van der Waals surface area contributed by atoms with Gasteiger partial charge in [-0.25, -0.2) is 4.39 Å². The molecule has 0 bridgehead atoms. The summed E-state index contributed by atoms with van der Waals surface area (Å²) in [6.07, 6.45) is 3.07. The highest BCUT2D eigenvalue weighted by Crippen LogP contribution is 2.12. The fourth-order valence-corrected chi connectivity index (χ4v) is 1.04. The molecule has 2 nitrogen and oxygen atoms in total. The van der Waals surface area contributed by atoms with Gasteiger partial charge in [-0.15, -0.1) is 0 Å². The molecular weight excluding hydrogens is 171 g/mol. The highest BCUT2D eigenvalue weighted by molar-refractivity contribution is 5.53. The first-order valence-electron chi connectivity index (χ1n) is 3.94. The molecule has 0 aromatic heterocycles. The van der Waals surface area contributed by atoms with E-state index in [1.807, 2.05) is 0 Å². The van der Waals surface area contributed by atoms with Gasteiger partial charge in [-0.1, -0.05) is 18.2 Å². The smallest absolute Gasteiger partial charge is 0.123 e. The van der Waals surface area contributed by atoms with Crippen LogP contribution in [0.3, 0.4) is 0 Å². The van der Waals surface area contributed by atoms with E-state index in [2.05, 4.69) is 0 Å². The van der Waals surface area contributed by atoms with E-state index in [-0.39, 0.29) is 19.0 Å². The molecule has 0 aliphatic heterocycles. The number of rotatable bonds is 3. The molecule has 1 aromatic carbocycles. The molecule has 0 amide bonds. The molecule has 1 aromatic rings. The molecule has 70 valence electrons. The Morgan fingerprint density at radius 2 is 2.08 bits per heavy atom. The van der Waals surface area contributed by atoms with E-state index < -0.39 is 0 Å². The van der Waals surface area contributed by atoms with Crippen molar-refractivity contribution in [1.82, 2.24) is 0 Å². The third-order valence-electron chi connectivity index (χ3n) is 1.68. The van der Waals surface area contributed by atoms with Gasteiger partial charge in [0.15, 0.2) is 0 Å². The van der Waals surface area contributed by atoms with Crippen molar-refractivity contribution in [3.63, 3.8) is 0 Å². The monoisotopic (exact) mass is 182 g/mol. The molecule has 0 saturated carbocycles. The SMILES string of the molecule is OCC=Cc1cc(F)ccc1CO. The standard InChI is InChI=1S/C10H11FO2/c11-10-4-3-9(7-13)8(6-10)2-1-5-12/h1-4,6,12-13H,5,7H2. The van der Waals surface area contributed by atoms with Crippen molar-refractivity contribution in [3.8, 4) is 0 Å². The van der Waals surface area contributed by atoms with Gasteiger partial charge in [-0.3, -0.25) is 0 Å². The number of aliphatic hydroxyl groups excluding tert-OH is 2. The molecule has 0 aliphatic rings. The van der Waals surface area contributed by atoms with Crippen LogP contribution in [0, 0.1) is 5.82 Å². The summed E-state index contributed by atoms with van der Waals surface area (Å²) in [7, 11) is 0. The normalized spacial score (nSPS) is 11.0. The second kappa shape index (κ2) is 4.74. The molecule has 0 unspecified atom stereocenters. The largest absolute Gasteiger partial charge is 0.392 e. The van der Waals surface area contributed by atoms with Crippen LogP contribution >= 0.6 is 0 Å². The molecular formula is C10H11FO2. The predicted octanol–water partition coefficient (Wildman–Crippen LogP) is 1.32. The van der Waals surface area contributed by atoms with Gasteiger partial charge in [0.05, 0.1) is 13.2 Å². The average Bonchev–Trinajstić information content (AvgIpc) is 2.15. The van der Waals surface area contributed by atoms with Crippen LogP contribution in [0.1, 0.15) is 11.1 Å². The maximum Gasteiger partial charge on any atom is 0.123 e. The van der Waals surface area contributed by atoms with Crippen molar-refractivity contribution in [2.75, 3.05) is 6.61 Å². The third-order valence-corrected chi connectivity index (χ3v) is 1.68. The molecule has 2 N–H and O–H groups in total. The average molecular weight is 182 g/mol. The van der Waals surface area contributed by atoms with Crippen molar-refractivity contribution in [2.45, 2.75) is 6.61 Å². The zero-order valence-electron chi connectivity index (χ0n) is 7.07. The zero-order valence-corrected chi connectivity index (χ0v) is 7.07. The van der Waals surface area contributed by atoms with Crippen LogP contribution in [-0.4, -0.2) is 16.8 Å². The number of hydrogen-bond acceptors (Lipinski definition) is 2. The Kier molecular flexibility index (Phi) is 3.61. The lowest BCUT2D eigenvalue weighted by atomic mass is 10.1. The van der Waals surface area contributed by atoms with E-state index in [1.54, 1.807) is 6.08 Å². The van der Waals surface area contributed by atoms with Crippen LogP contribution < -0.4 is 0 Å². The lowest BCUT2D eigenvalue weighted by molar-refractivity contribution is 0.281. The van der Waals surface area contributed by atoms with Crippen LogP contribution in [0.15, 0.2) is 24.3 Å². The van der Waals surface area contributed by atoms with E-state index in [9.17, 15) is 4.39 Å². The van der Waals surface area contributed by atoms with Gasteiger partial charge in [0.1, 0.15) is 5.82 Å². The summed E-state index contributed by atoms with van der Waals surface area (Å²) in [4.78, 5) is 0. The minimum absolute atomic E-state index is 0.0959. The first-order chi connectivity index (χ1) is 6.27. The minimum Gasteiger partial charge on any atom is -0.392 e. The number of benzene rings is 1. The second-order valence-corrected chi connectivity index (χ2v) is 2.59.